The van der Waals surface area contributed by atoms with Crippen molar-refractivity contribution in [1.29, 1.82) is 0 Å². The fourth-order valence-electron chi connectivity index (χ4n) is 1.74. The van der Waals surface area contributed by atoms with Crippen LogP contribution < -0.4 is 4.90 Å². The van der Waals surface area contributed by atoms with Crippen molar-refractivity contribution in [2.24, 2.45) is 0 Å². The summed E-state index contributed by atoms with van der Waals surface area (Å²) in [6.45, 7) is 5.08. The zero-order valence-corrected chi connectivity index (χ0v) is 8.81. The van der Waals surface area contributed by atoms with Crippen LogP contribution in [-0.4, -0.2) is 52.2 Å². The smallest absolute Gasteiger partial charge is 0.222 e. The number of piperazine rings is 1. The Morgan fingerprint density at radius 2 is 2.20 bits per heavy atom. The third-order valence-electron chi connectivity index (χ3n) is 2.64. The number of aromatic amines is 1. The quantitative estimate of drug-likeness (QED) is 0.736. The molecule has 6 heteroatoms. The molecule has 1 aromatic heterocycles. The van der Waals surface area contributed by atoms with Crippen molar-refractivity contribution in [3.8, 4) is 0 Å². The highest BCUT2D eigenvalue weighted by Crippen LogP contribution is 2.09. The van der Waals surface area contributed by atoms with Crippen LogP contribution in [0.25, 0.3) is 0 Å². The van der Waals surface area contributed by atoms with E-state index in [0.29, 0.717) is 6.42 Å². The largest absolute Gasteiger partial charge is 0.339 e. The second-order valence-corrected chi connectivity index (χ2v) is 3.53. The molecule has 2 heterocycles. The van der Waals surface area contributed by atoms with Crippen LogP contribution in [-0.2, 0) is 4.79 Å². The van der Waals surface area contributed by atoms with Crippen LogP contribution in [0.3, 0.4) is 0 Å². The summed E-state index contributed by atoms with van der Waals surface area (Å²) in [6.07, 6.45) is 2.08. The molecule has 1 amide bonds. The van der Waals surface area contributed by atoms with Crippen LogP contribution in [0.2, 0.25) is 0 Å². The van der Waals surface area contributed by atoms with E-state index >= 15 is 0 Å². The topological polar surface area (TPSA) is 65.1 Å². The Bertz CT molecular complexity index is 315. The van der Waals surface area contributed by atoms with Gasteiger partial charge in [0, 0.05) is 32.6 Å². The van der Waals surface area contributed by atoms with Crippen LogP contribution in [0, 0.1) is 0 Å². The van der Waals surface area contributed by atoms with E-state index in [1.165, 1.54) is 6.33 Å². The molecule has 0 bridgehead atoms. The van der Waals surface area contributed by atoms with Gasteiger partial charge in [-0.25, -0.2) is 5.10 Å². The highest BCUT2D eigenvalue weighted by atomic mass is 16.2. The fraction of sp³-hybridized carbons (Fsp3) is 0.667. The molecule has 0 spiro atoms. The number of hydrogen-bond donors (Lipinski definition) is 1. The molecule has 6 nitrogen and oxygen atoms in total. The standard InChI is InChI=1S/C9H15N5O/c1-2-8(15)13-3-5-14(6-4-13)9-10-7-11-12-9/h7H,2-6H2,1H3,(H,10,11,12). The van der Waals surface area contributed by atoms with Crippen LogP contribution >= 0.6 is 0 Å². The molecule has 1 aliphatic heterocycles. The Morgan fingerprint density at radius 1 is 1.47 bits per heavy atom. The minimum absolute atomic E-state index is 0.229. The van der Waals surface area contributed by atoms with Gasteiger partial charge in [0.2, 0.25) is 11.9 Å². The van der Waals surface area contributed by atoms with Gasteiger partial charge < -0.3 is 9.80 Å². The van der Waals surface area contributed by atoms with Crippen LogP contribution in [0.15, 0.2) is 6.33 Å². The number of nitrogens with one attached hydrogen (secondary N) is 1. The SMILES string of the molecule is CCC(=O)N1CCN(c2ncn[nH]2)CC1. The first-order chi connectivity index (χ1) is 7.31. The summed E-state index contributed by atoms with van der Waals surface area (Å²) in [4.78, 5) is 19.5. The molecule has 0 atom stereocenters. The average Bonchev–Trinajstić information content (AvgIpc) is 2.82. The molecule has 1 N–H and O–H groups in total. The minimum atomic E-state index is 0.229. The Balaban J connectivity index is 1.90. The summed E-state index contributed by atoms with van der Waals surface area (Å²) >= 11 is 0. The lowest BCUT2D eigenvalue weighted by Gasteiger charge is -2.34. The molecule has 1 fully saturated rings. The van der Waals surface area contributed by atoms with Crippen molar-refractivity contribution in [2.45, 2.75) is 13.3 Å². The third-order valence-corrected chi connectivity index (χ3v) is 2.64. The fourth-order valence-corrected chi connectivity index (χ4v) is 1.74. The molecule has 0 saturated carbocycles. The maximum absolute atomic E-state index is 11.4. The Labute approximate surface area is 88.3 Å². The average molecular weight is 209 g/mol. The maximum Gasteiger partial charge on any atom is 0.222 e. The summed E-state index contributed by atoms with van der Waals surface area (Å²) in [5.41, 5.74) is 0. The number of carbonyl (C=O) groups excluding carboxylic acids is 1. The lowest BCUT2D eigenvalue weighted by molar-refractivity contribution is -0.131. The van der Waals surface area contributed by atoms with E-state index in [1.807, 2.05) is 11.8 Å². The van der Waals surface area contributed by atoms with Gasteiger partial charge in [0.05, 0.1) is 0 Å². The van der Waals surface area contributed by atoms with Crippen LogP contribution in [0.4, 0.5) is 5.95 Å². The number of hydrogen-bond acceptors (Lipinski definition) is 4. The maximum atomic E-state index is 11.4. The van der Waals surface area contributed by atoms with Gasteiger partial charge in [0.25, 0.3) is 0 Å². The van der Waals surface area contributed by atoms with E-state index in [0.717, 1.165) is 32.1 Å². The lowest BCUT2D eigenvalue weighted by Crippen LogP contribution is -2.49. The minimum Gasteiger partial charge on any atom is -0.339 e. The zero-order valence-electron chi connectivity index (χ0n) is 8.81. The molecular formula is C9H15N5O. The first kappa shape index (κ1) is 9.95. The Morgan fingerprint density at radius 3 is 2.73 bits per heavy atom. The van der Waals surface area contributed by atoms with Crippen molar-refractivity contribution in [1.82, 2.24) is 20.1 Å². The van der Waals surface area contributed by atoms with E-state index in [-0.39, 0.29) is 5.91 Å². The first-order valence-corrected chi connectivity index (χ1v) is 5.19. The number of carbonyl (C=O) groups is 1. The molecule has 0 aromatic carbocycles. The summed E-state index contributed by atoms with van der Waals surface area (Å²) in [7, 11) is 0. The molecular weight excluding hydrogens is 194 g/mol. The summed E-state index contributed by atoms with van der Waals surface area (Å²) in [5.74, 6) is 1.02. The van der Waals surface area contributed by atoms with E-state index in [1.54, 1.807) is 0 Å². The third kappa shape index (κ3) is 2.08. The van der Waals surface area contributed by atoms with Gasteiger partial charge in [0.15, 0.2) is 0 Å². The van der Waals surface area contributed by atoms with Crippen molar-refractivity contribution in [3.63, 3.8) is 0 Å². The van der Waals surface area contributed by atoms with Gasteiger partial charge in [-0.1, -0.05) is 6.92 Å². The van der Waals surface area contributed by atoms with Gasteiger partial charge in [-0.05, 0) is 0 Å². The molecule has 1 aliphatic rings. The summed E-state index contributed by atoms with van der Waals surface area (Å²) < 4.78 is 0. The lowest BCUT2D eigenvalue weighted by atomic mass is 10.3. The van der Waals surface area contributed by atoms with E-state index < -0.39 is 0 Å². The molecule has 0 radical (unpaired) electrons. The molecule has 0 aliphatic carbocycles. The molecule has 15 heavy (non-hydrogen) atoms. The summed E-state index contributed by atoms with van der Waals surface area (Å²) in [5, 5.41) is 6.64. The first-order valence-electron chi connectivity index (χ1n) is 5.19. The molecule has 2 rings (SSSR count). The van der Waals surface area contributed by atoms with E-state index in [4.69, 9.17) is 0 Å². The van der Waals surface area contributed by atoms with Gasteiger partial charge in [-0.2, -0.15) is 10.1 Å². The van der Waals surface area contributed by atoms with Gasteiger partial charge in [-0.3, -0.25) is 4.79 Å². The Hall–Kier alpha value is -1.59. The van der Waals surface area contributed by atoms with Crippen LogP contribution in [0.5, 0.6) is 0 Å². The number of amides is 1. The number of aromatic nitrogens is 3. The zero-order chi connectivity index (χ0) is 10.7. The van der Waals surface area contributed by atoms with Gasteiger partial charge in [0.1, 0.15) is 6.33 Å². The number of H-pyrrole nitrogens is 1. The second-order valence-electron chi connectivity index (χ2n) is 3.53. The number of anilines is 1. The van der Waals surface area contributed by atoms with Crippen molar-refractivity contribution < 1.29 is 4.79 Å². The predicted molar refractivity (Wildman–Crippen MR) is 55.5 cm³/mol. The molecule has 1 aromatic rings. The number of nitrogens with zero attached hydrogens (tertiary/aromatic N) is 4. The van der Waals surface area contributed by atoms with Gasteiger partial charge in [-0.15, -0.1) is 0 Å². The Kier molecular flexibility index (Phi) is 2.84. The molecule has 1 saturated heterocycles. The molecule has 82 valence electrons. The van der Waals surface area contributed by atoms with Crippen LogP contribution in [0.1, 0.15) is 13.3 Å². The number of rotatable bonds is 2. The van der Waals surface area contributed by atoms with Crippen molar-refractivity contribution in [2.75, 3.05) is 31.1 Å². The normalized spacial score (nSPS) is 16.9. The van der Waals surface area contributed by atoms with E-state index in [2.05, 4.69) is 20.1 Å². The highest BCUT2D eigenvalue weighted by molar-refractivity contribution is 5.76. The van der Waals surface area contributed by atoms with E-state index in [9.17, 15) is 4.79 Å². The summed E-state index contributed by atoms with van der Waals surface area (Å²) in [6, 6.07) is 0. The molecule has 0 unspecified atom stereocenters. The monoisotopic (exact) mass is 209 g/mol. The second kappa shape index (κ2) is 4.29. The predicted octanol–water partition coefficient (Wildman–Crippen LogP) is -0.137. The van der Waals surface area contributed by atoms with Crippen molar-refractivity contribution >= 4 is 11.9 Å². The van der Waals surface area contributed by atoms with Gasteiger partial charge >= 0.3 is 0 Å². The van der Waals surface area contributed by atoms with Crippen molar-refractivity contribution in [3.05, 3.63) is 6.33 Å². The highest BCUT2D eigenvalue weighted by Gasteiger charge is 2.21.